The van der Waals surface area contributed by atoms with Crippen LogP contribution in [0.1, 0.15) is 67.2 Å². The lowest BCUT2D eigenvalue weighted by Gasteiger charge is -2.38. The number of carbonyl (C=O) groups is 2. The molecule has 2 amide bonds. The van der Waals surface area contributed by atoms with Crippen molar-refractivity contribution in [2.24, 2.45) is 17.3 Å². The molecule has 2 N–H and O–H groups in total. The van der Waals surface area contributed by atoms with E-state index in [4.69, 9.17) is 0 Å². The Morgan fingerprint density at radius 3 is 2.44 bits per heavy atom. The molecule has 0 aromatic heterocycles. The van der Waals surface area contributed by atoms with Crippen LogP contribution in [-0.4, -0.2) is 47.9 Å². The summed E-state index contributed by atoms with van der Waals surface area (Å²) in [5.41, 5.74) is 0.00329. The summed E-state index contributed by atoms with van der Waals surface area (Å²) in [6.45, 7) is 14.2. The third-order valence-corrected chi connectivity index (χ3v) is 6.18. The van der Waals surface area contributed by atoms with Gasteiger partial charge in [-0.3, -0.25) is 14.5 Å². The van der Waals surface area contributed by atoms with E-state index in [1.807, 2.05) is 6.92 Å². The van der Waals surface area contributed by atoms with Crippen molar-refractivity contribution in [3.8, 4) is 0 Å². The van der Waals surface area contributed by atoms with Gasteiger partial charge in [0.1, 0.15) is 0 Å². The number of fused-ring (bicyclic) bond motifs is 1. The van der Waals surface area contributed by atoms with Gasteiger partial charge in [-0.25, -0.2) is 0 Å². The third-order valence-electron chi connectivity index (χ3n) is 6.18. The maximum Gasteiger partial charge on any atom is 0.223 e. The molecule has 5 nitrogen and oxygen atoms in total. The molecule has 1 saturated heterocycles. The Hall–Kier alpha value is -1.10. The van der Waals surface area contributed by atoms with Crippen LogP contribution < -0.4 is 10.6 Å². The van der Waals surface area contributed by atoms with Gasteiger partial charge in [-0.15, -0.1) is 0 Å². The van der Waals surface area contributed by atoms with Crippen LogP contribution in [0.4, 0.5) is 0 Å². The van der Waals surface area contributed by atoms with Crippen molar-refractivity contribution in [2.75, 3.05) is 13.1 Å². The Morgan fingerprint density at radius 1 is 1.20 bits per heavy atom. The molecule has 0 bridgehead atoms. The maximum atomic E-state index is 12.5. The highest BCUT2D eigenvalue weighted by atomic mass is 16.2. The fraction of sp³-hybridized carbons (Fsp3) is 0.900. The van der Waals surface area contributed by atoms with Gasteiger partial charge in [0.15, 0.2) is 0 Å². The van der Waals surface area contributed by atoms with Crippen molar-refractivity contribution in [3.63, 3.8) is 0 Å². The molecular formula is C20H37N3O2. The minimum atomic E-state index is 0.00329. The zero-order valence-corrected chi connectivity index (χ0v) is 16.9. The molecule has 1 aliphatic carbocycles. The van der Waals surface area contributed by atoms with Gasteiger partial charge >= 0.3 is 0 Å². The highest BCUT2D eigenvalue weighted by molar-refractivity contribution is 5.78. The number of hydrogen-bond acceptors (Lipinski definition) is 3. The average Bonchev–Trinajstić information content (AvgIpc) is 3.08. The molecule has 5 heteroatoms. The summed E-state index contributed by atoms with van der Waals surface area (Å²) in [6, 6.07) is 0.802. The third kappa shape index (κ3) is 4.96. The Labute approximate surface area is 153 Å². The second-order valence-electron chi connectivity index (χ2n) is 9.16. The van der Waals surface area contributed by atoms with Gasteiger partial charge in [0, 0.05) is 37.5 Å². The topological polar surface area (TPSA) is 61.4 Å². The number of carbonyl (C=O) groups excluding carboxylic acids is 2. The quantitative estimate of drug-likeness (QED) is 0.773. The second kappa shape index (κ2) is 8.07. The number of nitrogens with one attached hydrogen (secondary N) is 2. The number of hydrogen-bond donors (Lipinski definition) is 2. The molecule has 5 atom stereocenters. The zero-order chi connectivity index (χ0) is 18.8. The summed E-state index contributed by atoms with van der Waals surface area (Å²) >= 11 is 0. The summed E-state index contributed by atoms with van der Waals surface area (Å²) in [6.07, 6.45) is 4.34. The first-order chi connectivity index (χ1) is 11.6. The molecule has 0 radical (unpaired) electrons. The van der Waals surface area contributed by atoms with Crippen LogP contribution in [0.25, 0.3) is 0 Å². The molecule has 1 heterocycles. The van der Waals surface area contributed by atoms with E-state index in [0.717, 1.165) is 25.9 Å². The van der Waals surface area contributed by atoms with Crippen molar-refractivity contribution in [1.82, 2.24) is 15.5 Å². The first kappa shape index (κ1) is 20.2. The first-order valence-electron chi connectivity index (χ1n) is 9.95. The predicted octanol–water partition coefficient (Wildman–Crippen LogP) is 2.55. The molecule has 2 rings (SSSR count). The number of nitrogens with zero attached hydrogens (tertiary/aromatic N) is 1. The van der Waals surface area contributed by atoms with Gasteiger partial charge < -0.3 is 10.6 Å². The van der Waals surface area contributed by atoms with Gasteiger partial charge in [-0.05, 0) is 43.6 Å². The van der Waals surface area contributed by atoms with Crippen LogP contribution in [0.15, 0.2) is 0 Å². The molecule has 2 fully saturated rings. The van der Waals surface area contributed by atoms with E-state index in [1.54, 1.807) is 6.92 Å². The van der Waals surface area contributed by atoms with E-state index in [2.05, 4.69) is 43.2 Å². The van der Waals surface area contributed by atoms with Crippen LogP contribution in [0.5, 0.6) is 0 Å². The molecule has 1 aliphatic heterocycles. The second-order valence-corrected chi connectivity index (χ2v) is 9.16. The van der Waals surface area contributed by atoms with Crippen molar-refractivity contribution < 1.29 is 9.59 Å². The summed E-state index contributed by atoms with van der Waals surface area (Å²) < 4.78 is 0. The SMILES string of the molecule is CC[C@@H](C)C(=O)N[C@H](CN1CC[C@H]2CC[C@H](NC(C)=O)[C@H]21)C(C)(C)C. The van der Waals surface area contributed by atoms with E-state index >= 15 is 0 Å². The van der Waals surface area contributed by atoms with E-state index in [1.165, 1.54) is 12.8 Å². The summed E-state index contributed by atoms with van der Waals surface area (Å²) in [5, 5.41) is 6.46. The minimum absolute atomic E-state index is 0.00329. The summed E-state index contributed by atoms with van der Waals surface area (Å²) in [4.78, 5) is 26.5. The highest BCUT2D eigenvalue weighted by Gasteiger charge is 2.45. The Balaban J connectivity index is 2.07. The zero-order valence-electron chi connectivity index (χ0n) is 16.9. The summed E-state index contributed by atoms with van der Waals surface area (Å²) in [7, 11) is 0. The number of likely N-dealkylation sites (tertiary alicyclic amines) is 1. The van der Waals surface area contributed by atoms with E-state index in [0.29, 0.717) is 12.0 Å². The predicted molar refractivity (Wildman–Crippen MR) is 101 cm³/mol. The van der Waals surface area contributed by atoms with Crippen LogP contribution in [0.3, 0.4) is 0 Å². The smallest absolute Gasteiger partial charge is 0.223 e. The minimum Gasteiger partial charge on any atom is -0.352 e. The fourth-order valence-corrected chi connectivity index (χ4v) is 4.31. The van der Waals surface area contributed by atoms with Gasteiger partial charge in [0.05, 0.1) is 0 Å². The van der Waals surface area contributed by atoms with Gasteiger partial charge in [0.2, 0.25) is 11.8 Å². The van der Waals surface area contributed by atoms with Crippen LogP contribution in [-0.2, 0) is 9.59 Å². The van der Waals surface area contributed by atoms with Gasteiger partial charge in [-0.2, -0.15) is 0 Å². The van der Waals surface area contributed by atoms with Crippen LogP contribution in [0.2, 0.25) is 0 Å². The molecule has 0 aromatic carbocycles. The largest absolute Gasteiger partial charge is 0.352 e. The van der Waals surface area contributed by atoms with Crippen molar-refractivity contribution in [3.05, 3.63) is 0 Å². The molecule has 0 spiro atoms. The molecule has 25 heavy (non-hydrogen) atoms. The van der Waals surface area contributed by atoms with Crippen molar-refractivity contribution in [2.45, 2.75) is 85.4 Å². The molecule has 1 saturated carbocycles. The van der Waals surface area contributed by atoms with Gasteiger partial charge in [-0.1, -0.05) is 34.6 Å². The van der Waals surface area contributed by atoms with Crippen LogP contribution in [0, 0.1) is 17.3 Å². The highest BCUT2D eigenvalue weighted by Crippen LogP contribution is 2.39. The number of rotatable bonds is 6. The maximum absolute atomic E-state index is 12.5. The Bertz CT molecular complexity index is 486. The average molecular weight is 352 g/mol. The lowest BCUT2D eigenvalue weighted by molar-refractivity contribution is -0.126. The lowest BCUT2D eigenvalue weighted by atomic mass is 9.85. The molecule has 144 valence electrons. The number of amides is 2. The molecule has 0 unspecified atom stereocenters. The standard InChI is InChI=1S/C20H37N3O2/c1-7-13(2)19(25)22-17(20(4,5)6)12-23-11-10-15-8-9-16(18(15)23)21-14(3)24/h13,15-18H,7-12H2,1-6H3,(H,21,24)(H,22,25)/t13-,15-,16+,17-,18+/m1/s1. The fourth-order valence-electron chi connectivity index (χ4n) is 4.31. The van der Waals surface area contributed by atoms with E-state index in [-0.39, 0.29) is 35.2 Å². The van der Waals surface area contributed by atoms with Crippen molar-refractivity contribution >= 4 is 11.8 Å². The van der Waals surface area contributed by atoms with Crippen molar-refractivity contribution in [1.29, 1.82) is 0 Å². The van der Waals surface area contributed by atoms with Gasteiger partial charge in [0.25, 0.3) is 0 Å². The van der Waals surface area contributed by atoms with E-state index in [9.17, 15) is 9.59 Å². The first-order valence-corrected chi connectivity index (χ1v) is 9.95. The lowest BCUT2D eigenvalue weighted by Crippen LogP contribution is -2.55. The Kier molecular flexibility index (Phi) is 6.52. The normalized spacial score (nSPS) is 29.1. The Morgan fingerprint density at radius 2 is 1.88 bits per heavy atom. The van der Waals surface area contributed by atoms with E-state index < -0.39 is 0 Å². The monoisotopic (exact) mass is 351 g/mol. The molecule has 2 aliphatic rings. The summed E-state index contributed by atoms with van der Waals surface area (Å²) in [5.74, 6) is 0.954. The molecule has 0 aromatic rings. The molecular weight excluding hydrogens is 314 g/mol. The van der Waals surface area contributed by atoms with Crippen LogP contribution >= 0.6 is 0 Å².